The first kappa shape index (κ1) is 17.7. The smallest absolute Gasteiger partial charge is 0.234 e. The second kappa shape index (κ2) is 9.45. The third-order valence-corrected chi connectivity index (χ3v) is 4.74. The topological polar surface area (TPSA) is 67.4 Å². The number of hydrogen-bond donors (Lipinski definition) is 2. The van der Waals surface area contributed by atoms with Gasteiger partial charge in [-0.05, 0) is 37.1 Å². The van der Waals surface area contributed by atoms with Gasteiger partial charge >= 0.3 is 0 Å². The molecule has 2 rings (SSSR count). The SMILES string of the molecule is COc1ccc(NC(=O)CSCC(=O)NC2CCCCC2)cc1. The highest BCUT2D eigenvalue weighted by Crippen LogP contribution is 2.18. The van der Waals surface area contributed by atoms with Crippen LogP contribution in [0, 0.1) is 0 Å². The number of rotatable bonds is 7. The molecule has 1 aliphatic carbocycles. The van der Waals surface area contributed by atoms with E-state index in [1.165, 1.54) is 31.0 Å². The summed E-state index contributed by atoms with van der Waals surface area (Å²) in [5, 5.41) is 5.85. The standard InChI is InChI=1S/C17H24N2O3S/c1-22-15-9-7-14(8-10-15)19-17(21)12-23-11-16(20)18-13-5-3-2-4-6-13/h7-10,13H,2-6,11-12H2,1H3,(H,18,20)(H,19,21). The lowest BCUT2D eigenvalue weighted by Gasteiger charge is -2.22. The molecular weight excluding hydrogens is 312 g/mol. The van der Waals surface area contributed by atoms with Crippen molar-refractivity contribution in [3.8, 4) is 5.75 Å². The van der Waals surface area contributed by atoms with Gasteiger partial charge in [0.2, 0.25) is 11.8 Å². The molecule has 0 aliphatic heterocycles. The van der Waals surface area contributed by atoms with Crippen LogP contribution >= 0.6 is 11.8 Å². The van der Waals surface area contributed by atoms with Gasteiger partial charge in [0.1, 0.15) is 5.75 Å². The molecule has 0 unspecified atom stereocenters. The van der Waals surface area contributed by atoms with E-state index < -0.39 is 0 Å². The van der Waals surface area contributed by atoms with Crippen molar-refractivity contribution in [3.63, 3.8) is 0 Å². The van der Waals surface area contributed by atoms with E-state index in [1.54, 1.807) is 31.4 Å². The van der Waals surface area contributed by atoms with E-state index in [4.69, 9.17) is 4.74 Å². The van der Waals surface area contributed by atoms with Gasteiger partial charge in [-0.3, -0.25) is 9.59 Å². The molecule has 2 N–H and O–H groups in total. The van der Waals surface area contributed by atoms with Gasteiger partial charge in [0.15, 0.2) is 0 Å². The van der Waals surface area contributed by atoms with Gasteiger partial charge in [-0.1, -0.05) is 19.3 Å². The number of anilines is 1. The number of carbonyl (C=O) groups excluding carboxylic acids is 2. The third-order valence-electron chi connectivity index (χ3n) is 3.81. The number of amides is 2. The summed E-state index contributed by atoms with van der Waals surface area (Å²) < 4.78 is 5.07. The summed E-state index contributed by atoms with van der Waals surface area (Å²) in [5.74, 6) is 1.26. The quantitative estimate of drug-likeness (QED) is 0.803. The predicted octanol–water partition coefficient (Wildman–Crippen LogP) is 2.82. The Morgan fingerprint density at radius 3 is 2.39 bits per heavy atom. The lowest BCUT2D eigenvalue weighted by Crippen LogP contribution is -2.37. The Hall–Kier alpha value is -1.69. The van der Waals surface area contributed by atoms with Gasteiger partial charge in [-0.15, -0.1) is 11.8 Å². The molecule has 0 bridgehead atoms. The predicted molar refractivity (Wildman–Crippen MR) is 94.0 cm³/mol. The van der Waals surface area contributed by atoms with Crippen LogP contribution in [0.1, 0.15) is 32.1 Å². The van der Waals surface area contributed by atoms with E-state index in [-0.39, 0.29) is 17.6 Å². The monoisotopic (exact) mass is 336 g/mol. The number of benzene rings is 1. The van der Waals surface area contributed by atoms with Crippen LogP contribution in [-0.4, -0.2) is 36.5 Å². The minimum absolute atomic E-state index is 0.0270. The number of thioether (sulfide) groups is 1. The average Bonchev–Trinajstić information content (AvgIpc) is 2.56. The molecule has 1 fully saturated rings. The number of carbonyl (C=O) groups is 2. The summed E-state index contributed by atoms with van der Waals surface area (Å²) in [5.41, 5.74) is 0.725. The van der Waals surface area contributed by atoms with Crippen molar-refractivity contribution in [2.24, 2.45) is 0 Å². The fourth-order valence-corrected chi connectivity index (χ4v) is 3.25. The van der Waals surface area contributed by atoms with Crippen molar-refractivity contribution < 1.29 is 14.3 Å². The Kier molecular flexibility index (Phi) is 7.26. The molecule has 0 radical (unpaired) electrons. The van der Waals surface area contributed by atoms with Crippen LogP contribution < -0.4 is 15.4 Å². The second-order valence-electron chi connectivity index (χ2n) is 5.67. The molecule has 2 amide bonds. The summed E-state index contributed by atoms with van der Waals surface area (Å²) in [6, 6.07) is 7.49. The van der Waals surface area contributed by atoms with Crippen molar-refractivity contribution in [2.45, 2.75) is 38.1 Å². The largest absolute Gasteiger partial charge is 0.497 e. The number of nitrogens with one attached hydrogen (secondary N) is 2. The van der Waals surface area contributed by atoms with E-state index in [0.717, 1.165) is 24.3 Å². The maximum Gasteiger partial charge on any atom is 0.234 e. The van der Waals surface area contributed by atoms with Gasteiger partial charge in [-0.2, -0.15) is 0 Å². The summed E-state index contributed by atoms with van der Waals surface area (Å²) in [4.78, 5) is 23.7. The lowest BCUT2D eigenvalue weighted by atomic mass is 9.95. The Morgan fingerprint density at radius 1 is 1.09 bits per heavy atom. The molecular formula is C17H24N2O3S. The van der Waals surface area contributed by atoms with Crippen molar-refractivity contribution in [1.29, 1.82) is 0 Å². The Bertz CT molecular complexity index is 513. The summed E-state index contributed by atoms with van der Waals surface area (Å²) in [7, 11) is 1.60. The number of methoxy groups -OCH3 is 1. The minimum Gasteiger partial charge on any atom is -0.497 e. The van der Waals surface area contributed by atoms with Crippen LogP contribution in [-0.2, 0) is 9.59 Å². The molecule has 0 atom stereocenters. The first-order valence-electron chi connectivity index (χ1n) is 7.98. The number of ether oxygens (including phenoxy) is 1. The van der Waals surface area contributed by atoms with Crippen LogP contribution in [0.15, 0.2) is 24.3 Å². The normalized spacial score (nSPS) is 15.0. The van der Waals surface area contributed by atoms with Gasteiger partial charge in [0, 0.05) is 11.7 Å². The maximum absolute atomic E-state index is 11.8. The Balaban J connectivity index is 1.62. The first-order valence-corrected chi connectivity index (χ1v) is 9.14. The van der Waals surface area contributed by atoms with E-state index >= 15 is 0 Å². The second-order valence-corrected chi connectivity index (χ2v) is 6.66. The van der Waals surface area contributed by atoms with Crippen molar-refractivity contribution in [3.05, 3.63) is 24.3 Å². The van der Waals surface area contributed by atoms with Crippen LogP contribution in [0.2, 0.25) is 0 Å². The third kappa shape index (κ3) is 6.52. The zero-order chi connectivity index (χ0) is 16.5. The molecule has 6 heteroatoms. The molecule has 1 saturated carbocycles. The van der Waals surface area contributed by atoms with Crippen LogP contribution in [0.25, 0.3) is 0 Å². The van der Waals surface area contributed by atoms with Crippen molar-refractivity contribution >= 4 is 29.3 Å². The van der Waals surface area contributed by atoms with Gasteiger partial charge in [0.25, 0.3) is 0 Å². The molecule has 1 aromatic rings. The van der Waals surface area contributed by atoms with E-state index in [0.29, 0.717) is 11.8 Å². The minimum atomic E-state index is -0.106. The Labute approximate surface area is 141 Å². The highest BCUT2D eigenvalue weighted by molar-refractivity contribution is 8.00. The van der Waals surface area contributed by atoms with E-state index in [9.17, 15) is 9.59 Å². The zero-order valence-electron chi connectivity index (χ0n) is 13.5. The fourth-order valence-electron chi connectivity index (χ4n) is 2.62. The van der Waals surface area contributed by atoms with Crippen molar-refractivity contribution in [1.82, 2.24) is 5.32 Å². The van der Waals surface area contributed by atoms with Crippen molar-refractivity contribution in [2.75, 3.05) is 23.9 Å². The molecule has 0 aromatic heterocycles. The van der Waals surface area contributed by atoms with Gasteiger partial charge in [0.05, 0.1) is 18.6 Å². The molecule has 1 aromatic carbocycles. The maximum atomic E-state index is 11.8. The molecule has 1 aliphatic rings. The molecule has 23 heavy (non-hydrogen) atoms. The highest BCUT2D eigenvalue weighted by Gasteiger charge is 2.15. The number of hydrogen-bond acceptors (Lipinski definition) is 4. The zero-order valence-corrected chi connectivity index (χ0v) is 14.3. The van der Waals surface area contributed by atoms with E-state index in [1.807, 2.05) is 0 Å². The van der Waals surface area contributed by atoms with Gasteiger partial charge < -0.3 is 15.4 Å². The van der Waals surface area contributed by atoms with Crippen LogP contribution in [0.5, 0.6) is 5.75 Å². The molecule has 5 nitrogen and oxygen atoms in total. The average molecular weight is 336 g/mol. The van der Waals surface area contributed by atoms with Crippen LogP contribution in [0.3, 0.4) is 0 Å². The highest BCUT2D eigenvalue weighted by atomic mass is 32.2. The summed E-state index contributed by atoms with van der Waals surface area (Å²) >= 11 is 1.34. The lowest BCUT2D eigenvalue weighted by molar-refractivity contribution is -0.119. The van der Waals surface area contributed by atoms with Gasteiger partial charge in [-0.25, -0.2) is 0 Å². The van der Waals surface area contributed by atoms with Crippen LogP contribution in [0.4, 0.5) is 5.69 Å². The molecule has 0 saturated heterocycles. The summed E-state index contributed by atoms with van der Waals surface area (Å²) in [6.45, 7) is 0. The summed E-state index contributed by atoms with van der Waals surface area (Å²) in [6.07, 6.45) is 5.82. The fraction of sp³-hybridized carbons (Fsp3) is 0.529. The van der Waals surface area contributed by atoms with E-state index in [2.05, 4.69) is 10.6 Å². The Morgan fingerprint density at radius 2 is 1.74 bits per heavy atom. The molecule has 126 valence electrons. The molecule has 0 heterocycles. The molecule has 0 spiro atoms. The first-order chi connectivity index (χ1) is 11.2.